The van der Waals surface area contributed by atoms with E-state index in [1.165, 1.54) is 127 Å². The lowest BCUT2D eigenvalue weighted by Gasteiger charge is -2.26. The van der Waals surface area contributed by atoms with Gasteiger partial charge in [-0.15, -0.1) is 0 Å². The molecule has 0 saturated carbocycles. The predicted octanol–water partition coefficient (Wildman–Crippen LogP) is 20.8. The molecule has 0 aliphatic heterocycles. The van der Waals surface area contributed by atoms with E-state index in [0.29, 0.717) is 53.3 Å². The molecular formula is C65H78. The van der Waals surface area contributed by atoms with Crippen molar-refractivity contribution in [2.75, 3.05) is 0 Å². The van der Waals surface area contributed by atoms with Crippen molar-refractivity contribution in [2.45, 2.75) is 178 Å². The van der Waals surface area contributed by atoms with Crippen molar-refractivity contribution in [3.8, 4) is 33.4 Å². The van der Waals surface area contributed by atoms with E-state index in [9.17, 15) is 0 Å². The van der Waals surface area contributed by atoms with Gasteiger partial charge in [-0.2, -0.15) is 0 Å². The summed E-state index contributed by atoms with van der Waals surface area (Å²) in [4.78, 5) is 0. The first-order chi connectivity index (χ1) is 30.7. The molecule has 65 heavy (non-hydrogen) atoms. The Morgan fingerprint density at radius 2 is 0.508 bits per heavy atom. The highest BCUT2D eigenvalue weighted by Gasteiger charge is 2.26. The van der Waals surface area contributed by atoms with Crippen LogP contribution in [0, 0.1) is 0 Å². The third-order valence-corrected chi connectivity index (χ3v) is 14.9. The van der Waals surface area contributed by atoms with Gasteiger partial charge in [0.2, 0.25) is 0 Å². The Bertz CT molecular complexity index is 2970. The van der Waals surface area contributed by atoms with Crippen LogP contribution in [0.2, 0.25) is 0 Å². The van der Waals surface area contributed by atoms with Crippen LogP contribution in [0.5, 0.6) is 0 Å². The summed E-state index contributed by atoms with van der Waals surface area (Å²) in [5.41, 5.74) is 21.4. The van der Waals surface area contributed by atoms with Gasteiger partial charge in [-0.05, 0) is 216 Å². The van der Waals surface area contributed by atoms with E-state index >= 15 is 0 Å². The quantitative estimate of drug-likeness (QED) is 0.0848. The molecule has 0 aromatic heterocycles. The number of hydrogen-bond donors (Lipinski definition) is 0. The zero-order valence-corrected chi connectivity index (χ0v) is 43.4. The highest BCUT2D eigenvalue weighted by Crippen LogP contribution is 2.50. The van der Waals surface area contributed by atoms with Gasteiger partial charge < -0.3 is 0 Å². The van der Waals surface area contributed by atoms with Crippen molar-refractivity contribution in [1.82, 2.24) is 0 Å². The van der Waals surface area contributed by atoms with Crippen molar-refractivity contribution in [2.24, 2.45) is 0 Å². The van der Waals surface area contributed by atoms with Crippen LogP contribution in [0.1, 0.15) is 228 Å². The highest BCUT2D eigenvalue weighted by molar-refractivity contribution is 6.34. The van der Waals surface area contributed by atoms with Gasteiger partial charge in [0.1, 0.15) is 0 Å². The van der Waals surface area contributed by atoms with Crippen LogP contribution in [0.4, 0.5) is 0 Å². The zero-order valence-electron chi connectivity index (χ0n) is 43.4. The maximum atomic E-state index is 2.60. The Hall–Kier alpha value is -4.94. The summed E-state index contributed by atoms with van der Waals surface area (Å²) >= 11 is 0. The molecule has 0 bridgehead atoms. The first-order valence-electron chi connectivity index (χ1n) is 25.4. The summed E-state index contributed by atoms with van der Waals surface area (Å²) in [6, 6.07) is 37.7. The second-order valence-corrected chi connectivity index (χ2v) is 22.7. The van der Waals surface area contributed by atoms with Crippen LogP contribution in [0.3, 0.4) is 0 Å². The Morgan fingerprint density at radius 1 is 0.246 bits per heavy atom. The molecule has 0 spiro atoms. The normalized spacial score (nSPS) is 12.8. The average Bonchev–Trinajstić information content (AvgIpc) is 3.25. The Labute approximate surface area is 393 Å². The minimum Gasteiger partial charge on any atom is -0.0610 e. The summed E-state index contributed by atoms with van der Waals surface area (Å²) in [7, 11) is 0. The third-order valence-electron chi connectivity index (χ3n) is 14.9. The molecule has 0 aliphatic rings. The van der Waals surface area contributed by atoms with E-state index in [2.05, 4.69) is 216 Å². The number of rotatable bonds is 12. The number of fused-ring (bicyclic) bond motifs is 2. The third kappa shape index (κ3) is 8.21. The van der Waals surface area contributed by atoms with Crippen molar-refractivity contribution < 1.29 is 0 Å². The molecule has 0 unspecified atom stereocenters. The molecule has 8 aromatic rings. The standard InChI is InChI=1S/C65H78/c1-34(2)44-25-52(37(7)8)62(53(26-44)38(9)10)48-22-43-20-19-21-51-58-31-49(63-54(39(11)12)27-45(35(3)4)28-55(63)40(13)14)23-47-24-50(33-60(65(47)58)59(32-48)61(43)51)64-56(41(15)16)29-46(36(5)6)30-57(64)42(17)18/h19-42H,1-18H3. The molecule has 0 nitrogen and oxygen atoms in total. The molecule has 8 aromatic carbocycles. The minimum absolute atomic E-state index is 0.380. The van der Waals surface area contributed by atoms with Crippen molar-refractivity contribution in [1.29, 1.82) is 0 Å². The largest absolute Gasteiger partial charge is 0.0610 e. The first-order valence-corrected chi connectivity index (χ1v) is 25.4. The van der Waals surface area contributed by atoms with Gasteiger partial charge in [-0.1, -0.05) is 179 Å². The fourth-order valence-electron chi connectivity index (χ4n) is 11.1. The fraction of sp³-hybridized carbons (Fsp3) is 0.415. The lowest BCUT2D eigenvalue weighted by atomic mass is 9.78. The molecule has 338 valence electrons. The highest BCUT2D eigenvalue weighted by atomic mass is 14.3. The smallest absolute Gasteiger partial charge is 0.00255 e. The first kappa shape index (κ1) is 46.6. The minimum atomic E-state index is 0.380. The lowest BCUT2D eigenvalue weighted by molar-refractivity contribution is 0.807. The molecule has 0 saturated heterocycles. The fourth-order valence-corrected chi connectivity index (χ4v) is 11.1. The Kier molecular flexibility index (Phi) is 12.7. The second kappa shape index (κ2) is 17.7. The topological polar surface area (TPSA) is 0 Å². The molecular weight excluding hydrogens is 781 g/mol. The van der Waals surface area contributed by atoms with E-state index < -0.39 is 0 Å². The molecule has 0 N–H and O–H groups in total. The van der Waals surface area contributed by atoms with Crippen LogP contribution >= 0.6 is 0 Å². The predicted molar refractivity (Wildman–Crippen MR) is 291 cm³/mol. The van der Waals surface area contributed by atoms with Crippen LogP contribution < -0.4 is 0 Å². The monoisotopic (exact) mass is 859 g/mol. The van der Waals surface area contributed by atoms with E-state index in [1.807, 2.05) is 0 Å². The summed E-state index contributed by atoms with van der Waals surface area (Å²) in [6.45, 7) is 42.7. The van der Waals surface area contributed by atoms with Gasteiger partial charge in [0.05, 0.1) is 0 Å². The summed E-state index contributed by atoms with van der Waals surface area (Å²) < 4.78 is 0. The van der Waals surface area contributed by atoms with Crippen LogP contribution in [0.25, 0.3) is 76.5 Å². The van der Waals surface area contributed by atoms with Gasteiger partial charge in [-0.3, -0.25) is 0 Å². The maximum Gasteiger partial charge on any atom is -0.00255 e. The zero-order chi connectivity index (χ0) is 47.1. The summed E-state index contributed by atoms with van der Waals surface area (Å²) in [5, 5.41) is 10.8. The van der Waals surface area contributed by atoms with Gasteiger partial charge in [0, 0.05) is 0 Å². The molecule has 0 amide bonds. The van der Waals surface area contributed by atoms with Crippen LogP contribution in [0.15, 0.2) is 91.0 Å². The molecule has 0 aliphatic carbocycles. The second-order valence-electron chi connectivity index (χ2n) is 22.7. The van der Waals surface area contributed by atoms with Gasteiger partial charge in [0.15, 0.2) is 0 Å². The van der Waals surface area contributed by atoms with E-state index in [4.69, 9.17) is 0 Å². The Balaban J connectivity index is 1.60. The number of hydrogen-bond acceptors (Lipinski definition) is 0. The molecule has 0 fully saturated rings. The molecule has 8 rings (SSSR count). The van der Waals surface area contributed by atoms with Crippen molar-refractivity contribution >= 4 is 43.1 Å². The van der Waals surface area contributed by atoms with Gasteiger partial charge >= 0.3 is 0 Å². The van der Waals surface area contributed by atoms with E-state index in [1.54, 1.807) is 0 Å². The number of benzene rings is 8. The van der Waals surface area contributed by atoms with Gasteiger partial charge in [0.25, 0.3) is 0 Å². The van der Waals surface area contributed by atoms with Crippen LogP contribution in [-0.4, -0.2) is 0 Å². The van der Waals surface area contributed by atoms with Crippen molar-refractivity contribution in [3.63, 3.8) is 0 Å². The van der Waals surface area contributed by atoms with Crippen LogP contribution in [-0.2, 0) is 0 Å². The molecule has 0 radical (unpaired) electrons. The van der Waals surface area contributed by atoms with E-state index in [0.717, 1.165) is 0 Å². The molecule has 0 atom stereocenters. The average molecular weight is 859 g/mol. The van der Waals surface area contributed by atoms with E-state index in [-0.39, 0.29) is 0 Å². The summed E-state index contributed by atoms with van der Waals surface area (Å²) in [6.07, 6.45) is 0. The van der Waals surface area contributed by atoms with Crippen molar-refractivity contribution in [3.05, 3.63) is 141 Å². The molecule has 0 heteroatoms. The van der Waals surface area contributed by atoms with Gasteiger partial charge in [-0.25, -0.2) is 0 Å². The lowest BCUT2D eigenvalue weighted by Crippen LogP contribution is -2.05. The molecule has 0 heterocycles. The Morgan fingerprint density at radius 3 is 0.785 bits per heavy atom. The summed E-state index contributed by atoms with van der Waals surface area (Å²) in [5.74, 6) is 3.73. The SMILES string of the molecule is CC(C)c1cc(C(C)C)c(-c2cc3cccc4c5cc(-c6c(C(C)C)cc(C(C)C)cc6C(C)C)cc6cc(-c7c(C(C)C)cc(C(C)C)cc7C(C)C)cc(c(c2)c34)c65)c(C(C)C)c1. The maximum absolute atomic E-state index is 2.60.